The second kappa shape index (κ2) is 18.0. The van der Waals surface area contributed by atoms with Crippen LogP contribution in [0.25, 0.3) is 0 Å². The zero-order chi connectivity index (χ0) is 21.9. The summed E-state index contributed by atoms with van der Waals surface area (Å²) in [7, 11) is 0. The van der Waals surface area contributed by atoms with Gasteiger partial charge < -0.3 is 9.47 Å². The highest BCUT2D eigenvalue weighted by atomic mass is 16.5. The van der Waals surface area contributed by atoms with E-state index in [1.54, 1.807) is 24.3 Å². The molecule has 0 spiro atoms. The topological polar surface area (TPSA) is 52.6 Å². The molecule has 0 aliphatic carbocycles. The summed E-state index contributed by atoms with van der Waals surface area (Å²) < 4.78 is 10.7. The molecule has 0 unspecified atom stereocenters. The van der Waals surface area contributed by atoms with Gasteiger partial charge in [0.15, 0.2) is 0 Å². The molecule has 0 heterocycles. The van der Waals surface area contributed by atoms with Gasteiger partial charge >= 0.3 is 11.9 Å². The van der Waals surface area contributed by atoms with E-state index in [-0.39, 0.29) is 11.9 Å². The van der Waals surface area contributed by atoms with Crippen LogP contribution in [0, 0.1) is 0 Å². The Kier molecular flexibility index (Phi) is 15.7. The van der Waals surface area contributed by atoms with Gasteiger partial charge in [-0.1, -0.05) is 97.0 Å². The summed E-state index contributed by atoms with van der Waals surface area (Å²) in [6.45, 7) is 5.28. The molecule has 4 heteroatoms. The lowest BCUT2D eigenvalue weighted by Crippen LogP contribution is -2.10. The fourth-order valence-corrected chi connectivity index (χ4v) is 3.39. The Balaban J connectivity index is 2.21. The lowest BCUT2D eigenvalue weighted by Gasteiger charge is -2.08. The van der Waals surface area contributed by atoms with E-state index in [1.807, 2.05) is 0 Å². The van der Waals surface area contributed by atoms with E-state index in [9.17, 15) is 9.59 Å². The molecule has 1 rings (SSSR count). The number of esters is 2. The molecule has 0 aliphatic heterocycles. The molecule has 0 radical (unpaired) electrons. The first-order valence-corrected chi connectivity index (χ1v) is 12.1. The van der Waals surface area contributed by atoms with Crippen molar-refractivity contribution in [2.24, 2.45) is 0 Å². The van der Waals surface area contributed by atoms with Crippen LogP contribution >= 0.6 is 0 Å². The SMILES string of the molecule is CCCCCCCCCCOC(=O)c1cccc(C(=O)OCCCCCCCC)c1. The molecule has 1 aromatic rings. The van der Waals surface area contributed by atoms with Gasteiger partial charge in [-0.15, -0.1) is 0 Å². The molecule has 0 atom stereocenters. The highest BCUT2D eigenvalue weighted by Crippen LogP contribution is 2.12. The summed E-state index contributed by atoms with van der Waals surface area (Å²) >= 11 is 0. The largest absolute Gasteiger partial charge is 0.462 e. The summed E-state index contributed by atoms with van der Waals surface area (Å²) in [5, 5.41) is 0. The Labute approximate surface area is 183 Å². The minimum absolute atomic E-state index is 0.372. The molecule has 30 heavy (non-hydrogen) atoms. The third kappa shape index (κ3) is 12.7. The molecule has 0 aromatic heterocycles. The molecular formula is C26H42O4. The minimum atomic E-state index is -0.374. The minimum Gasteiger partial charge on any atom is -0.462 e. The van der Waals surface area contributed by atoms with Crippen molar-refractivity contribution >= 4 is 11.9 Å². The van der Waals surface area contributed by atoms with Gasteiger partial charge in [-0.2, -0.15) is 0 Å². The van der Waals surface area contributed by atoms with Crippen molar-refractivity contribution in [2.45, 2.75) is 104 Å². The molecule has 0 aliphatic rings. The number of unbranched alkanes of at least 4 members (excludes halogenated alkanes) is 12. The van der Waals surface area contributed by atoms with E-state index in [1.165, 1.54) is 64.2 Å². The summed E-state index contributed by atoms with van der Waals surface area (Å²) in [5.74, 6) is -0.746. The Morgan fingerprint density at radius 3 is 1.37 bits per heavy atom. The molecule has 0 saturated heterocycles. The first-order chi connectivity index (χ1) is 14.7. The normalized spacial score (nSPS) is 10.7. The molecule has 0 N–H and O–H groups in total. The second-order valence-electron chi connectivity index (χ2n) is 8.10. The van der Waals surface area contributed by atoms with Crippen LogP contribution in [-0.4, -0.2) is 25.2 Å². The summed E-state index contributed by atoms with van der Waals surface area (Å²) in [6, 6.07) is 6.63. The standard InChI is InChI=1S/C26H42O4/c1-3-5-7-9-11-12-14-16-21-30-26(28)24-19-17-18-23(22-24)25(27)29-20-15-13-10-8-6-4-2/h17-19,22H,3-16,20-21H2,1-2H3. The monoisotopic (exact) mass is 418 g/mol. The van der Waals surface area contributed by atoms with E-state index >= 15 is 0 Å². The van der Waals surface area contributed by atoms with Crippen LogP contribution in [0.3, 0.4) is 0 Å². The molecule has 1 aromatic carbocycles. The summed E-state index contributed by atoms with van der Waals surface area (Å²) in [6.07, 6.45) is 16.5. The van der Waals surface area contributed by atoms with Gasteiger partial charge in [-0.3, -0.25) is 0 Å². The number of ether oxygens (including phenoxy) is 2. The molecule has 0 fully saturated rings. The fourth-order valence-electron chi connectivity index (χ4n) is 3.39. The van der Waals surface area contributed by atoms with Gasteiger partial charge in [-0.05, 0) is 31.0 Å². The lowest BCUT2D eigenvalue weighted by molar-refractivity contribution is 0.0496. The van der Waals surface area contributed by atoms with E-state index in [2.05, 4.69) is 13.8 Å². The Bertz CT molecular complexity index is 582. The van der Waals surface area contributed by atoms with E-state index < -0.39 is 0 Å². The zero-order valence-electron chi connectivity index (χ0n) is 19.3. The van der Waals surface area contributed by atoms with Crippen molar-refractivity contribution in [2.75, 3.05) is 13.2 Å². The van der Waals surface area contributed by atoms with Crippen molar-refractivity contribution < 1.29 is 19.1 Å². The first kappa shape index (κ1) is 26.2. The van der Waals surface area contributed by atoms with Crippen LogP contribution in [-0.2, 0) is 9.47 Å². The second-order valence-corrected chi connectivity index (χ2v) is 8.10. The van der Waals surface area contributed by atoms with Crippen LogP contribution in [0.5, 0.6) is 0 Å². The predicted octanol–water partition coefficient (Wildman–Crippen LogP) is 7.50. The number of benzene rings is 1. The Morgan fingerprint density at radius 1 is 0.600 bits per heavy atom. The van der Waals surface area contributed by atoms with Gasteiger partial charge in [0, 0.05) is 0 Å². The van der Waals surface area contributed by atoms with Crippen molar-refractivity contribution in [1.29, 1.82) is 0 Å². The van der Waals surface area contributed by atoms with E-state index in [0.29, 0.717) is 24.3 Å². The number of hydrogen-bond acceptors (Lipinski definition) is 4. The van der Waals surface area contributed by atoms with E-state index in [0.717, 1.165) is 25.7 Å². The number of rotatable bonds is 18. The van der Waals surface area contributed by atoms with Crippen LogP contribution in [0.4, 0.5) is 0 Å². The van der Waals surface area contributed by atoms with Gasteiger partial charge in [0.25, 0.3) is 0 Å². The zero-order valence-corrected chi connectivity index (χ0v) is 19.3. The van der Waals surface area contributed by atoms with Crippen LogP contribution in [0.2, 0.25) is 0 Å². The van der Waals surface area contributed by atoms with Crippen LogP contribution < -0.4 is 0 Å². The average molecular weight is 419 g/mol. The highest BCUT2D eigenvalue weighted by molar-refractivity contribution is 5.95. The Morgan fingerprint density at radius 2 is 0.967 bits per heavy atom. The smallest absolute Gasteiger partial charge is 0.338 e. The van der Waals surface area contributed by atoms with Crippen molar-refractivity contribution in [3.63, 3.8) is 0 Å². The van der Waals surface area contributed by atoms with Gasteiger partial charge in [-0.25, -0.2) is 9.59 Å². The first-order valence-electron chi connectivity index (χ1n) is 12.1. The maximum absolute atomic E-state index is 12.2. The van der Waals surface area contributed by atoms with E-state index in [4.69, 9.17) is 9.47 Å². The van der Waals surface area contributed by atoms with Crippen molar-refractivity contribution in [3.8, 4) is 0 Å². The van der Waals surface area contributed by atoms with Crippen LogP contribution in [0.1, 0.15) is 124 Å². The van der Waals surface area contributed by atoms with Crippen molar-refractivity contribution in [3.05, 3.63) is 35.4 Å². The van der Waals surface area contributed by atoms with Gasteiger partial charge in [0.2, 0.25) is 0 Å². The number of carbonyl (C=O) groups excluding carboxylic acids is 2. The molecule has 0 saturated carbocycles. The number of carbonyl (C=O) groups is 2. The average Bonchev–Trinajstić information content (AvgIpc) is 2.77. The Hall–Kier alpha value is -1.84. The van der Waals surface area contributed by atoms with Gasteiger partial charge in [0.1, 0.15) is 0 Å². The van der Waals surface area contributed by atoms with Crippen molar-refractivity contribution in [1.82, 2.24) is 0 Å². The highest BCUT2D eigenvalue weighted by Gasteiger charge is 2.12. The fraction of sp³-hybridized carbons (Fsp3) is 0.692. The molecule has 0 bridgehead atoms. The third-order valence-corrected chi connectivity index (χ3v) is 5.30. The molecule has 4 nitrogen and oxygen atoms in total. The van der Waals surface area contributed by atoms with Crippen LogP contribution in [0.15, 0.2) is 24.3 Å². The molecule has 0 amide bonds. The maximum atomic E-state index is 12.2. The lowest BCUT2D eigenvalue weighted by atomic mass is 10.1. The quantitative estimate of drug-likeness (QED) is 0.183. The predicted molar refractivity (Wildman–Crippen MR) is 123 cm³/mol. The summed E-state index contributed by atoms with van der Waals surface area (Å²) in [4.78, 5) is 24.4. The molecular weight excluding hydrogens is 376 g/mol. The van der Waals surface area contributed by atoms with Gasteiger partial charge in [0.05, 0.1) is 24.3 Å². The molecule has 170 valence electrons. The maximum Gasteiger partial charge on any atom is 0.338 e. The number of hydrogen-bond donors (Lipinski definition) is 0. The third-order valence-electron chi connectivity index (χ3n) is 5.30. The summed E-state index contributed by atoms with van der Waals surface area (Å²) in [5.41, 5.74) is 0.811.